The third-order valence-electron chi connectivity index (χ3n) is 3.26. The van der Waals surface area contributed by atoms with Gasteiger partial charge in [0, 0.05) is 11.6 Å². The molecule has 0 unspecified atom stereocenters. The predicted octanol–water partition coefficient (Wildman–Crippen LogP) is 3.05. The van der Waals surface area contributed by atoms with Gasteiger partial charge in [0.05, 0.1) is 22.5 Å². The molecule has 0 fully saturated rings. The zero-order chi connectivity index (χ0) is 16.4. The molecule has 0 aliphatic carbocycles. The van der Waals surface area contributed by atoms with E-state index in [1.54, 1.807) is 0 Å². The Kier molecular flexibility index (Phi) is 3.94. The zero-order valence-electron chi connectivity index (χ0n) is 11.7. The lowest BCUT2D eigenvalue weighted by atomic mass is 10.2. The minimum absolute atomic E-state index is 0.0103. The van der Waals surface area contributed by atoms with Gasteiger partial charge in [0.1, 0.15) is 10.8 Å². The molecule has 116 valence electrons. The first-order valence-corrected chi connectivity index (χ1v) is 7.08. The second kappa shape index (κ2) is 6.05. The maximum Gasteiger partial charge on any atom is 0.288 e. The van der Waals surface area contributed by atoms with Gasteiger partial charge in [-0.1, -0.05) is 23.7 Å². The number of para-hydroxylation sites is 2. The molecule has 0 atom stereocenters. The molecule has 3 rings (SSSR count). The van der Waals surface area contributed by atoms with Crippen LogP contribution in [0, 0.1) is 10.1 Å². The fourth-order valence-corrected chi connectivity index (χ4v) is 2.34. The van der Waals surface area contributed by atoms with Gasteiger partial charge in [-0.2, -0.15) is 0 Å². The second-order valence-corrected chi connectivity index (χ2v) is 5.21. The van der Waals surface area contributed by atoms with E-state index >= 15 is 0 Å². The van der Waals surface area contributed by atoms with Gasteiger partial charge in [0.15, 0.2) is 0 Å². The van der Waals surface area contributed by atoms with Gasteiger partial charge in [-0.15, -0.1) is 0 Å². The number of amides is 1. The van der Waals surface area contributed by atoms with Gasteiger partial charge in [-0.25, -0.2) is 4.98 Å². The van der Waals surface area contributed by atoms with E-state index in [-0.39, 0.29) is 22.8 Å². The van der Waals surface area contributed by atoms with Crippen molar-refractivity contribution in [3.8, 4) is 0 Å². The molecule has 3 aromatic rings. The molecule has 0 spiro atoms. The summed E-state index contributed by atoms with van der Waals surface area (Å²) in [5, 5.41) is 13.5. The first-order chi connectivity index (χ1) is 11.0. The van der Waals surface area contributed by atoms with E-state index in [0.717, 1.165) is 17.1 Å². The minimum atomic E-state index is -0.627. The number of fused-ring (bicyclic) bond motifs is 1. The quantitative estimate of drug-likeness (QED) is 0.567. The topological polar surface area (TPSA) is 101 Å². The highest BCUT2D eigenvalue weighted by atomic mass is 35.5. The summed E-state index contributed by atoms with van der Waals surface area (Å²) < 4.78 is 0. The highest BCUT2D eigenvalue weighted by molar-refractivity contribution is 6.32. The Hall–Kier alpha value is -2.93. The summed E-state index contributed by atoms with van der Waals surface area (Å²) >= 11 is 5.73. The number of H-pyrrole nitrogens is 1. The molecular weight excluding hydrogens is 320 g/mol. The molecule has 7 nitrogen and oxygen atoms in total. The third kappa shape index (κ3) is 3.14. The van der Waals surface area contributed by atoms with Crippen LogP contribution in [-0.4, -0.2) is 20.8 Å². The van der Waals surface area contributed by atoms with Gasteiger partial charge in [-0.3, -0.25) is 14.9 Å². The first-order valence-electron chi connectivity index (χ1n) is 6.70. The zero-order valence-corrected chi connectivity index (χ0v) is 12.5. The van der Waals surface area contributed by atoms with Crippen molar-refractivity contribution in [1.29, 1.82) is 0 Å². The van der Waals surface area contributed by atoms with Gasteiger partial charge >= 0.3 is 0 Å². The maximum atomic E-state index is 12.1. The average Bonchev–Trinajstić information content (AvgIpc) is 2.95. The van der Waals surface area contributed by atoms with Crippen LogP contribution in [0.25, 0.3) is 11.0 Å². The van der Waals surface area contributed by atoms with Crippen LogP contribution in [0.3, 0.4) is 0 Å². The summed E-state index contributed by atoms with van der Waals surface area (Å²) in [6.07, 6.45) is 0. The smallest absolute Gasteiger partial charge is 0.288 e. The molecule has 0 aliphatic rings. The van der Waals surface area contributed by atoms with Crippen LogP contribution in [0.15, 0.2) is 42.5 Å². The molecule has 2 aromatic carbocycles. The normalized spacial score (nSPS) is 10.7. The van der Waals surface area contributed by atoms with Crippen molar-refractivity contribution in [2.24, 2.45) is 0 Å². The SMILES string of the molecule is O=C(NCc1nc2ccccc2[nH]1)c1ccc(Cl)c([N+](=O)[O-])c1. The molecule has 0 bridgehead atoms. The van der Waals surface area contributed by atoms with Crippen LogP contribution >= 0.6 is 11.6 Å². The minimum Gasteiger partial charge on any atom is -0.345 e. The van der Waals surface area contributed by atoms with Crippen molar-refractivity contribution < 1.29 is 9.72 Å². The molecule has 2 N–H and O–H groups in total. The van der Waals surface area contributed by atoms with Crippen LogP contribution in [0.4, 0.5) is 5.69 Å². The Morgan fingerprint density at radius 1 is 1.30 bits per heavy atom. The number of aromatic nitrogens is 2. The molecule has 0 saturated carbocycles. The Bertz CT molecular complexity index is 874. The Balaban J connectivity index is 1.74. The van der Waals surface area contributed by atoms with E-state index < -0.39 is 10.8 Å². The Morgan fingerprint density at radius 3 is 2.83 bits per heavy atom. The highest BCUT2D eigenvalue weighted by Gasteiger charge is 2.16. The molecule has 1 amide bonds. The molecule has 1 heterocycles. The number of nitro groups is 1. The van der Waals surface area contributed by atoms with Crippen molar-refractivity contribution in [2.45, 2.75) is 6.54 Å². The largest absolute Gasteiger partial charge is 0.345 e. The van der Waals surface area contributed by atoms with Crippen molar-refractivity contribution >= 4 is 34.2 Å². The summed E-state index contributed by atoms with van der Waals surface area (Å²) in [6, 6.07) is 11.4. The number of aromatic amines is 1. The van der Waals surface area contributed by atoms with E-state index in [1.165, 1.54) is 12.1 Å². The van der Waals surface area contributed by atoms with Gasteiger partial charge in [0.2, 0.25) is 0 Å². The molecule has 0 saturated heterocycles. The summed E-state index contributed by atoms with van der Waals surface area (Å²) in [6.45, 7) is 0.184. The number of hydrogen-bond acceptors (Lipinski definition) is 4. The maximum absolute atomic E-state index is 12.1. The van der Waals surface area contributed by atoms with Crippen LogP contribution in [0.2, 0.25) is 5.02 Å². The third-order valence-corrected chi connectivity index (χ3v) is 3.58. The molecule has 8 heteroatoms. The summed E-state index contributed by atoms with van der Waals surface area (Å²) in [4.78, 5) is 29.7. The number of nitrogens with one attached hydrogen (secondary N) is 2. The summed E-state index contributed by atoms with van der Waals surface area (Å²) in [5.74, 6) is 0.160. The highest BCUT2D eigenvalue weighted by Crippen LogP contribution is 2.25. The lowest BCUT2D eigenvalue weighted by Gasteiger charge is -2.04. The number of rotatable bonds is 4. The van der Waals surface area contributed by atoms with E-state index in [4.69, 9.17) is 11.6 Å². The van der Waals surface area contributed by atoms with Gasteiger partial charge < -0.3 is 10.3 Å². The first kappa shape index (κ1) is 15.0. The number of nitrogens with zero attached hydrogens (tertiary/aromatic N) is 2. The number of halogens is 1. The summed E-state index contributed by atoms with van der Waals surface area (Å²) in [7, 11) is 0. The fraction of sp³-hybridized carbons (Fsp3) is 0.0667. The number of carbonyl (C=O) groups excluding carboxylic acids is 1. The molecular formula is C15H11ClN4O3. The van der Waals surface area contributed by atoms with Crippen molar-refractivity contribution in [3.05, 3.63) is 69.0 Å². The van der Waals surface area contributed by atoms with E-state index in [2.05, 4.69) is 15.3 Å². The molecule has 0 radical (unpaired) electrons. The monoisotopic (exact) mass is 330 g/mol. The standard InChI is InChI=1S/C15H11ClN4O3/c16-10-6-5-9(7-13(10)20(22)23)15(21)17-8-14-18-11-3-1-2-4-12(11)19-14/h1-7H,8H2,(H,17,21)(H,18,19). The van der Waals surface area contributed by atoms with Crippen LogP contribution in [0.5, 0.6) is 0 Å². The fourth-order valence-electron chi connectivity index (χ4n) is 2.15. The Labute approximate surface area is 135 Å². The van der Waals surface area contributed by atoms with E-state index in [1.807, 2.05) is 24.3 Å². The second-order valence-electron chi connectivity index (χ2n) is 4.81. The molecule has 1 aromatic heterocycles. The van der Waals surface area contributed by atoms with Crippen LogP contribution < -0.4 is 5.32 Å². The lowest BCUT2D eigenvalue weighted by molar-refractivity contribution is -0.384. The van der Waals surface area contributed by atoms with Crippen molar-refractivity contribution in [2.75, 3.05) is 0 Å². The summed E-state index contributed by atoms with van der Waals surface area (Å²) in [5.41, 5.74) is 1.54. The van der Waals surface area contributed by atoms with Crippen molar-refractivity contribution in [3.63, 3.8) is 0 Å². The number of nitro benzene ring substituents is 1. The van der Waals surface area contributed by atoms with Crippen LogP contribution in [-0.2, 0) is 6.54 Å². The Morgan fingerprint density at radius 2 is 2.09 bits per heavy atom. The lowest BCUT2D eigenvalue weighted by Crippen LogP contribution is -2.23. The number of imidazole rings is 1. The van der Waals surface area contributed by atoms with Gasteiger partial charge in [0.25, 0.3) is 11.6 Å². The predicted molar refractivity (Wildman–Crippen MR) is 85.4 cm³/mol. The van der Waals surface area contributed by atoms with E-state index in [9.17, 15) is 14.9 Å². The number of hydrogen-bond donors (Lipinski definition) is 2. The number of carbonyl (C=O) groups is 1. The van der Waals surface area contributed by atoms with Crippen molar-refractivity contribution in [1.82, 2.24) is 15.3 Å². The molecule has 0 aliphatic heterocycles. The van der Waals surface area contributed by atoms with E-state index in [0.29, 0.717) is 5.82 Å². The average molecular weight is 331 g/mol. The van der Waals surface area contributed by atoms with Gasteiger partial charge in [-0.05, 0) is 24.3 Å². The van der Waals surface area contributed by atoms with Crippen LogP contribution in [0.1, 0.15) is 16.2 Å². The number of benzene rings is 2. The molecule has 23 heavy (non-hydrogen) atoms.